The Morgan fingerprint density at radius 2 is 2.16 bits per heavy atom. The third-order valence-electron chi connectivity index (χ3n) is 4.40. The summed E-state index contributed by atoms with van der Waals surface area (Å²) in [5.41, 5.74) is 9.86. The van der Waals surface area contributed by atoms with Crippen molar-refractivity contribution in [2.75, 3.05) is 23.7 Å². The topological polar surface area (TPSA) is 29.3 Å². The molecule has 0 bridgehead atoms. The predicted molar refractivity (Wildman–Crippen MR) is 84.7 cm³/mol. The molecule has 1 aromatic carbocycles. The van der Waals surface area contributed by atoms with Crippen molar-refractivity contribution in [3.63, 3.8) is 0 Å². The summed E-state index contributed by atoms with van der Waals surface area (Å²) in [6.45, 7) is 7.00. The van der Waals surface area contributed by atoms with Gasteiger partial charge in [-0.3, -0.25) is 0 Å². The smallest absolute Gasteiger partial charge is 0.0419 e. The van der Waals surface area contributed by atoms with E-state index < -0.39 is 0 Å². The number of rotatable bonds is 6. The maximum absolute atomic E-state index is 6.12. The Morgan fingerprint density at radius 3 is 2.89 bits per heavy atom. The lowest BCUT2D eigenvalue weighted by molar-refractivity contribution is 0.441. The first-order chi connectivity index (χ1) is 9.26. The largest absolute Gasteiger partial charge is 0.398 e. The van der Waals surface area contributed by atoms with Crippen molar-refractivity contribution >= 4 is 11.4 Å². The first-order valence-corrected chi connectivity index (χ1v) is 7.88. The summed E-state index contributed by atoms with van der Waals surface area (Å²) in [5.74, 6) is 0.826. The molecule has 1 unspecified atom stereocenters. The number of nitrogens with two attached hydrogens (primary N) is 1. The van der Waals surface area contributed by atoms with Gasteiger partial charge in [0.05, 0.1) is 0 Å². The van der Waals surface area contributed by atoms with Crippen molar-refractivity contribution in [2.45, 2.75) is 52.4 Å². The molecule has 19 heavy (non-hydrogen) atoms. The molecule has 0 saturated heterocycles. The van der Waals surface area contributed by atoms with E-state index in [1.165, 1.54) is 56.4 Å². The third kappa shape index (κ3) is 3.43. The van der Waals surface area contributed by atoms with E-state index in [1.54, 1.807) is 0 Å². The van der Waals surface area contributed by atoms with E-state index in [4.69, 9.17) is 5.73 Å². The van der Waals surface area contributed by atoms with Gasteiger partial charge in [0.1, 0.15) is 0 Å². The van der Waals surface area contributed by atoms with Crippen LogP contribution in [0.2, 0.25) is 0 Å². The van der Waals surface area contributed by atoms with E-state index in [9.17, 15) is 0 Å². The summed E-state index contributed by atoms with van der Waals surface area (Å²) in [4.78, 5) is 2.57. The molecule has 1 heterocycles. The first-order valence-electron chi connectivity index (χ1n) is 7.88. The van der Waals surface area contributed by atoms with E-state index in [0.29, 0.717) is 0 Å². The van der Waals surface area contributed by atoms with Gasteiger partial charge in [-0.25, -0.2) is 0 Å². The second-order valence-corrected chi connectivity index (χ2v) is 5.81. The summed E-state index contributed by atoms with van der Waals surface area (Å²) in [6.07, 6.45) is 7.70. The van der Waals surface area contributed by atoms with Gasteiger partial charge in [-0.05, 0) is 42.9 Å². The molecule has 0 amide bonds. The van der Waals surface area contributed by atoms with Crippen molar-refractivity contribution in [1.29, 1.82) is 0 Å². The number of unbranched alkanes of at least 4 members (excludes halogenated alkanes) is 1. The quantitative estimate of drug-likeness (QED) is 0.775. The summed E-state index contributed by atoms with van der Waals surface area (Å²) >= 11 is 0. The van der Waals surface area contributed by atoms with Crippen LogP contribution in [0.25, 0.3) is 0 Å². The lowest BCUT2D eigenvalue weighted by Crippen LogP contribution is -2.34. The van der Waals surface area contributed by atoms with Crippen molar-refractivity contribution in [3.8, 4) is 0 Å². The van der Waals surface area contributed by atoms with Crippen molar-refractivity contribution < 1.29 is 0 Å². The van der Waals surface area contributed by atoms with Crippen LogP contribution in [0.15, 0.2) is 18.2 Å². The number of benzene rings is 1. The van der Waals surface area contributed by atoms with Crippen molar-refractivity contribution in [2.24, 2.45) is 5.92 Å². The SMILES string of the molecule is CCCCC(CC)CN1CCCc2c(N)cccc21. The molecule has 2 rings (SSSR count). The first kappa shape index (κ1) is 14.2. The standard InChI is InChI=1S/C17H28N2/c1-3-5-8-14(4-2)13-19-12-7-9-15-16(18)10-6-11-17(15)19/h6,10-11,14H,3-5,7-9,12-13,18H2,1-2H3. The minimum absolute atomic E-state index is 0.826. The molecule has 2 N–H and O–H groups in total. The van der Waals surface area contributed by atoms with E-state index in [2.05, 4.69) is 30.9 Å². The van der Waals surface area contributed by atoms with Gasteiger partial charge in [0, 0.05) is 24.5 Å². The molecule has 0 saturated carbocycles. The molecule has 2 heteroatoms. The highest BCUT2D eigenvalue weighted by molar-refractivity contribution is 5.66. The number of hydrogen-bond acceptors (Lipinski definition) is 2. The van der Waals surface area contributed by atoms with E-state index >= 15 is 0 Å². The minimum atomic E-state index is 0.826. The number of fused-ring (bicyclic) bond motifs is 1. The van der Waals surface area contributed by atoms with Crippen LogP contribution in [-0.2, 0) is 6.42 Å². The Labute approximate surface area is 118 Å². The van der Waals surface area contributed by atoms with E-state index in [0.717, 1.165) is 18.0 Å². The Morgan fingerprint density at radius 1 is 1.32 bits per heavy atom. The molecule has 0 aromatic heterocycles. The van der Waals surface area contributed by atoms with Crippen molar-refractivity contribution in [1.82, 2.24) is 0 Å². The molecule has 0 spiro atoms. The zero-order valence-electron chi connectivity index (χ0n) is 12.5. The Balaban J connectivity index is 2.08. The normalized spacial score (nSPS) is 16.2. The average Bonchev–Trinajstić information content (AvgIpc) is 2.44. The zero-order chi connectivity index (χ0) is 13.7. The monoisotopic (exact) mass is 260 g/mol. The Hall–Kier alpha value is -1.18. The fourth-order valence-corrected chi connectivity index (χ4v) is 3.15. The predicted octanol–water partition coefficient (Wildman–Crippen LogP) is 4.24. The van der Waals surface area contributed by atoms with Gasteiger partial charge < -0.3 is 10.6 Å². The third-order valence-corrected chi connectivity index (χ3v) is 4.40. The number of hydrogen-bond donors (Lipinski definition) is 1. The fraction of sp³-hybridized carbons (Fsp3) is 0.647. The van der Waals surface area contributed by atoms with Gasteiger partial charge in [-0.2, -0.15) is 0 Å². The average molecular weight is 260 g/mol. The molecule has 1 atom stereocenters. The number of anilines is 2. The summed E-state index contributed by atoms with van der Waals surface area (Å²) in [6, 6.07) is 6.38. The lowest BCUT2D eigenvalue weighted by Gasteiger charge is -2.34. The molecule has 1 aliphatic heterocycles. The van der Waals surface area contributed by atoms with Crippen LogP contribution in [0, 0.1) is 5.92 Å². The zero-order valence-corrected chi connectivity index (χ0v) is 12.5. The van der Waals surface area contributed by atoms with E-state index in [1.807, 2.05) is 6.07 Å². The fourth-order valence-electron chi connectivity index (χ4n) is 3.15. The van der Waals surface area contributed by atoms with Crippen LogP contribution < -0.4 is 10.6 Å². The number of nitrogens with zero attached hydrogens (tertiary/aromatic N) is 1. The van der Waals surface area contributed by atoms with Crippen LogP contribution in [0.1, 0.15) is 51.5 Å². The highest BCUT2D eigenvalue weighted by Gasteiger charge is 2.20. The molecule has 2 nitrogen and oxygen atoms in total. The second kappa shape index (κ2) is 6.83. The Kier molecular flexibility index (Phi) is 5.12. The van der Waals surface area contributed by atoms with Crippen molar-refractivity contribution in [3.05, 3.63) is 23.8 Å². The molecule has 1 aliphatic rings. The second-order valence-electron chi connectivity index (χ2n) is 5.81. The minimum Gasteiger partial charge on any atom is -0.398 e. The maximum atomic E-state index is 6.12. The van der Waals surface area contributed by atoms with Gasteiger partial charge >= 0.3 is 0 Å². The Bertz CT molecular complexity index is 400. The molecule has 106 valence electrons. The molecule has 1 aromatic rings. The van der Waals surface area contributed by atoms with Gasteiger partial charge in [-0.15, -0.1) is 0 Å². The highest BCUT2D eigenvalue weighted by Crippen LogP contribution is 2.32. The number of nitrogen functional groups attached to an aromatic ring is 1. The van der Waals surface area contributed by atoms with Crippen LogP contribution in [-0.4, -0.2) is 13.1 Å². The van der Waals surface area contributed by atoms with Gasteiger partial charge in [0.25, 0.3) is 0 Å². The molecule has 0 aliphatic carbocycles. The van der Waals surface area contributed by atoms with Gasteiger partial charge in [-0.1, -0.05) is 39.2 Å². The summed E-state index contributed by atoms with van der Waals surface area (Å²) < 4.78 is 0. The highest BCUT2D eigenvalue weighted by atomic mass is 15.1. The van der Waals surface area contributed by atoms with Crippen LogP contribution >= 0.6 is 0 Å². The summed E-state index contributed by atoms with van der Waals surface area (Å²) in [5, 5.41) is 0. The van der Waals surface area contributed by atoms with E-state index in [-0.39, 0.29) is 0 Å². The van der Waals surface area contributed by atoms with Crippen LogP contribution in [0.5, 0.6) is 0 Å². The summed E-state index contributed by atoms with van der Waals surface area (Å²) in [7, 11) is 0. The molecular weight excluding hydrogens is 232 g/mol. The van der Waals surface area contributed by atoms with Gasteiger partial charge in [0.15, 0.2) is 0 Å². The molecule has 0 fully saturated rings. The maximum Gasteiger partial charge on any atom is 0.0419 e. The molecular formula is C17H28N2. The molecule has 0 radical (unpaired) electrons. The van der Waals surface area contributed by atoms with Crippen LogP contribution in [0.4, 0.5) is 11.4 Å². The van der Waals surface area contributed by atoms with Crippen LogP contribution in [0.3, 0.4) is 0 Å². The van der Waals surface area contributed by atoms with Gasteiger partial charge in [0.2, 0.25) is 0 Å². The lowest BCUT2D eigenvalue weighted by atomic mass is 9.95.